The molecule has 0 aliphatic heterocycles. The maximum Gasteiger partial charge on any atom is 0.261 e. The molecule has 0 radical (unpaired) electrons. The number of nitrogens with zero attached hydrogens (tertiary/aromatic N) is 1. The molecule has 1 aromatic rings. The van der Waals surface area contributed by atoms with Gasteiger partial charge in [0.25, 0.3) is 5.91 Å². The van der Waals surface area contributed by atoms with Gasteiger partial charge in [0.2, 0.25) is 0 Å². The van der Waals surface area contributed by atoms with Crippen LogP contribution in [0.4, 0.5) is 0 Å². The van der Waals surface area contributed by atoms with E-state index >= 15 is 0 Å². The molecule has 0 atom stereocenters. The third kappa shape index (κ3) is 4.62. The van der Waals surface area contributed by atoms with Crippen LogP contribution in [0.1, 0.15) is 12.5 Å². The van der Waals surface area contributed by atoms with Crippen LogP contribution in [0.5, 0.6) is 5.75 Å². The lowest BCUT2D eigenvalue weighted by Gasteiger charge is -2.19. The molecule has 0 N–H and O–H groups in total. The average molecular weight is 259 g/mol. The molecule has 3 nitrogen and oxygen atoms in total. The second-order valence-electron chi connectivity index (χ2n) is 4.13. The molecule has 0 heterocycles. The fourth-order valence-corrected chi connectivity index (χ4v) is 1.76. The summed E-state index contributed by atoms with van der Waals surface area (Å²) in [6, 6.07) is 7.77. The normalized spacial score (nSPS) is 9.74. The largest absolute Gasteiger partial charge is 0.483 e. The van der Waals surface area contributed by atoms with E-state index in [2.05, 4.69) is 20.1 Å². The van der Waals surface area contributed by atoms with Crippen molar-refractivity contribution in [3.63, 3.8) is 0 Å². The number of amides is 1. The molecule has 0 aliphatic carbocycles. The number of hydrogen-bond donors (Lipinski definition) is 0. The van der Waals surface area contributed by atoms with Gasteiger partial charge < -0.3 is 9.64 Å². The number of aryl methyl sites for hydroxylation is 1. The molecule has 19 heavy (non-hydrogen) atoms. The Morgan fingerprint density at radius 1 is 1.26 bits per heavy atom. The minimum Gasteiger partial charge on any atom is -0.483 e. The van der Waals surface area contributed by atoms with Crippen LogP contribution in [0.15, 0.2) is 49.6 Å². The quantitative estimate of drug-likeness (QED) is 0.672. The molecule has 0 saturated heterocycles. The average Bonchev–Trinajstić information content (AvgIpc) is 2.44. The molecule has 1 rings (SSSR count). The van der Waals surface area contributed by atoms with Crippen molar-refractivity contribution in [1.29, 1.82) is 0 Å². The molecule has 102 valence electrons. The van der Waals surface area contributed by atoms with Gasteiger partial charge in [0.1, 0.15) is 5.75 Å². The van der Waals surface area contributed by atoms with Crippen molar-refractivity contribution in [2.75, 3.05) is 19.7 Å². The second-order valence-corrected chi connectivity index (χ2v) is 4.13. The van der Waals surface area contributed by atoms with Crippen molar-refractivity contribution in [2.24, 2.45) is 0 Å². The van der Waals surface area contributed by atoms with Gasteiger partial charge in [0, 0.05) is 13.1 Å². The monoisotopic (exact) mass is 259 g/mol. The van der Waals surface area contributed by atoms with Crippen molar-refractivity contribution in [3.05, 3.63) is 55.1 Å². The molecular formula is C16H21NO2. The minimum atomic E-state index is -0.0642. The highest BCUT2D eigenvalue weighted by molar-refractivity contribution is 5.78. The molecule has 0 aromatic heterocycles. The van der Waals surface area contributed by atoms with Crippen LogP contribution in [0.2, 0.25) is 0 Å². The standard InChI is InChI=1S/C16H21NO2/c1-4-11-17(12-5-2)16(18)13-19-15-10-8-7-9-14(15)6-3/h4-5,7-10H,1-2,6,11-13H2,3H3. The smallest absolute Gasteiger partial charge is 0.261 e. The summed E-state index contributed by atoms with van der Waals surface area (Å²) in [5, 5.41) is 0. The molecule has 0 fully saturated rings. The zero-order chi connectivity index (χ0) is 14.1. The summed E-state index contributed by atoms with van der Waals surface area (Å²) in [6.45, 7) is 10.4. The van der Waals surface area contributed by atoms with E-state index in [4.69, 9.17) is 4.74 Å². The Balaban J connectivity index is 2.61. The van der Waals surface area contributed by atoms with Crippen molar-refractivity contribution in [2.45, 2.75) is 13.3 Å². The number of rotatable bonds is 8. The van der Waals surface area contributed by atoms with Crippen LogP contribution in [0, 0.1) is 0 Å². The third-order valence-electron chi connectivity index (χ3n) is 2.76. The second kappa shape index (κ2) is 8.14. The lowest BCUT2D eigenvalue weighted by atomic mass is 10.1. The molecule has 0 unspecified atom stereocenters. The highest BCUT2D eigenvalue weighted by Gasteiger charge is 2.12. The number of para-hydroxylation sites is 1. The van der Waals surface area contributed by atoms with Gasteiger partial charge in [-0.25, -0.2) is 0 Å². The number of ether oxygens (including phenoxy) is 1. The van der Waals surface area contributed by atoms with Gasteiger partial charge >= 0.3 is 0 Å². The topological polar surface area (TPSA) is 29.5 Å². The van der Waals surface area contributed by atoms with Gasteiger partial charge in [-0.3, -0.25) is 4.79 Å². The minimum absolute atomic E-state index is 0.0404. The molecule has 1 aromatic carbocycles. The van der Waals surface area contributed by atoms with Gasteiger partial charge in [-0.05, 0) is 18.1 Å². The van der Waals surface area contributed by atoms with E-state index in [-0.39, 0.29) is 12.5 Å². The Morgan fingerprint density at radius 2 is 1.89 bits per heavy atom. The van der Waals surface area contributed by atoms with Crippen LogP contribution in [0.25, 0.3) is 0 Å². The molecule has 0 aliphatic rings. The summed E-state index contributed by atoms with van der Waals surface area (Å²) < 4.78 is 5.60. The Hall–Kier alpha value is -2.03. The summed E-state index contributed by atoms with van der Waals surface area (Å²) >= 11 is 0. The first kappa shape index (κ1) is 15.0. The predicted octanol–water partition coefficient (Wildman–Crippen LogP) is 2.83. The van der Waals surface area contributed by atoms with Gasteiger partial charge in [-0.15, -0.1) is 13.2 Å². The Labute approximate surface area is 115 Å². The van der Waals surface area contributed by atoms with Crippen LogP contribution in [-0.2, 0) is 11.2 Å². The first-order valence-corrected chi connectivity index (χ1v) is 6.43. The van der Waals surface area contributed by atoms with Gasteiger partial charge in [-0.2, -0.15) is 0 Å². The Morgan fingerprint density at radius 3 is 2.47 bits per heavy atom. The van der Waals surface area contributed by atoms with Crippen LogP contribution in [-0.4, -0.2) is 30.5 Å². The Kier molecular flexibility index (Phi) is 6.44. The van der Waals surface area contributed by atoms with E-state index in [0.717, 1.165) is 17.7 Å². The highest BCUT2D eigenvalue weighted by Crippen LogP contribution is 2.18. The number of benzene rings is 1. The number of carbonyl (C=O) groups is 1. The molecule has 3 heteroatoms. The lowest BCUT2D eigenvalue weighted by molar-refractivity contribution is -0.132. The van der Waals surface area contributed by atoms with E-state index < -0.39 is 0 Å². The van der Waals surface area contributed by atoms with Gasteiger partial charge in [-0.1, -0.05) is 37.3 Å². The summed E-state index contributed by atoms with van der Waals surface area (Å²) in [5.74, 6) is 0.709. The fourth-order valence-electron chi connectivity index (χ4n) is 1.76. The first-order valence-electron chi connectivity index (χ1n) is 6.43. The van der Waals surface area contributed by atoms with E-state index in [1.54, 1.807) is 17.1 Å². The zero-order valence-corrected chi connectivity index (χ0v) is 11.5. The highest BCUT2D eigenvalue weighted by atomic mass is 16.5. The van der Waals surface area contributed by atoms with Crippen molar-refractivity contribution < 1.29 is 9.53 Å². The summed E-state index contributed by atoms with van der Waals surface area (Å²) in [4.78, 5) is 13.6. The van der Waals surface area contributed by atoms with E-state index in [1.807, 2.05) is 24.3 Å². The van der Waals surface area contributed by atoms with E-state index in [9.17, 15) is 4.79 Å². The third-order valence-corrected chi connectivity index (χ3v) is 2.76. The summed E-state index contributed by atoms with van der Waals surface area (Å²) in [5.41, 5.74) is 1.11. The predicted molar refractivity (Wildman–Crippen MR) is 78.3 cm³/mol. The maximum absolute atomic E-state index is 12.0. The van der Waals surface area contributed by atoms with Crippen molar-refractivity contribution >= 4 is 5.91 Å². The van der Waals surface area contributed by atoms with Gasteiger partial charge in [0.05, 0.1) is 0 Å². The molecule has 0 saturated carbocycles. The van der Waals surface area contributed by atoms with Crippen LogP contribution in [0.3, 0.4) is 0 Å². The van der Waals surface area contributed by atoms with E-state index in [0.29, 0.717) is 13.1 Å². The van der Waals surface area contributed by atoms with Crippen molar-refractivity contribution in [3.8, 4) is 5.75 Å². The van der Waals surface area contributed by atoms with Crippen LogP contribution >= 0.6 is 0 Å². The number of carbonyl (C=O) groups excluding carboxylic acids is 1. The van der Waals surface area contributed by atoms with Gasteiger partial charge in [0.15, 0.2) is 6.61 Å². The molecule has 0 bridgehead atoms. The summed E-state index contributed by atoms with van der Waals surface area (Å²) in [7, 11) is 0. The zero-order valence-electron chi connectivity index (χ0n) is 11.5. The molecular weight excluding hydrogens is 238 g/mol. The molecule has 0 spiro atoms. The summed E-state index contributed by atoms with van der Waals surface area (Å²) in [6.07, 6.45) is 4.27. The van der Waals surface area contributed by atoms with Crippen molar-refractivity contribution in [1.82, 2.24) is 4.90 Å². The SMILES string of the molecule is C=CCN(CC=C)C(=O)COc1ccccc1CC. The fraction of sp³-hybridized carbons (Fsp3) is 0.312. The number of hydrogen-bond acceptors (Lipinski definition) is 2. The first-order chi connectivity index (χ1) is 9.22. The lowest BCUT2D eigenvalue weighted by Crippen LogP contribution is -2.35. The van der Waals surface area contributed by atoms with E-state index in [1.165, 1.54) is 0 Å². The van der Waals surface area contributed by atoms with Crippen LogP contribution < -0.4 is 4.74 Å². The Bertz CT molecular complexity index is 430. The maximum atomic E-state index is 12.0. The molecule has 1 amide bonds.